The maximum absolute atomic E-state index is 13.0. The normalized spacial score (nSPS) is 14.3. The lowest BCUT2D eigenvalue weighted by atomic mass is 10.0. The fraction of sp³-hybridized carbons (Fsp3) is 0.286. The third kappa shape index (κ3) is 3.56. The van der Waals surface area contributed by atoms with E-state index >= 15 is 0 Å². The fourth-order valence-electron chi connectivity index (χ4n) is 3.23. The first kappa shape index (κ1) is 18.6. The number of rotatable bonds is 6. The molecule has 6 heteroatoms. The molecular weight excluding hydrogens is 344 g/mol. The van der Waals surface area contributed by atoms with Crippen molar-refractivity contribution in [3.63, 3.8) is 0 Å². The molecule has 1 atom stereocenters. The van der Waals surface area contributed by atoms with Gasteiger partial charge in [0.05, 0.1) is 23.9 Å². The molecule has 3 amide bonds. The van der Waals surface area contributed by atoms with Gasteiger partial charge < -0.3 is 10.1 Å². The Labute approximate surface area is 158 Å². The smallest absolute Gasteiger partial charge is 0.262 e. The average molecular weight is 366 g/mol. The zero-order valence-corrected chi connectivity index (χ0v) is 15.6. The first-order valence-electron chi connectivity index (χ1n) is 8.84. The van der Waals surface area contributed by atoms with Crippen molar-refractivity contribution in [2.75, 3.05) is 12.4 Å². The molecule has 2 aromatic rings. The number of benzene rings is 2. The van der Waals surface area contributed by atoms with Crippen molar-refractivity contribution in [3.05, 3.63) is 59.7 Å². The van der Waals surface area contributed by atoms with Crippen LogP contribution in [0.3, 0.4) is 0 Å². The van der Waals surface area contributed by atoms with Gasteiger partial charge in [0, 0.05) is 0 Å². The summed E-state index contributed by atoms with van der Waals surface area (Å²) in [6.45, 7) is 3.89. The van der Waals surface area contributed by atoms with E-state index in [4.69, 9.17) is 4.74 Å². The number of anilines is 1. The Kier molecular flexibility index (Phi) is 5.26. The monoisotopic (exact) mass is 366 g/mol. The lowest BCUT2D eigenvalue weighted by Crippen LogP contribution is -2.48. The maximum Gasteiger partial charge on any atom is 0.262 e. The Hall–Kier alpha value is -3.15. The molecule has 2 aromatic carbocycles. The third-order valence-corrected chi connectivity index (χ3v) is 4.50. The van der Waals surface area contributed by atoms with Crippen LogP contribution in [0.4, 0.5) is 5.69 Å². The highest BCUT2D eigenvalue weighted by Crippen LogP contribution is 2.29. The van der Waals surface area contributed by atoms with Crippen LogP contribution in [-0.2, 0) is 4.79 Å². The van der Waals surface area contributed by atoms with Gasteiger partial charge in [-0.3, -0.25) is 19.3 Å². The van der Waals surface area contributed by atoms with Gasteiger partial charge in [-0.1, -0.05) is 38.1 Å². The van der Waals surface area contributed by atoms with Gasteiger partial charge in [0.15, 0.2) is 0 Å². The standard InChI is InChI=1S/C21H22N2O4/c1-13(2)12-17(19(24)22-16-10-6-7-11-18(16)27-3)23-20(25)14-8-4-5-9-15(14)21(23)26/h4-11,13,17H,12H2,1-3H3,(H,22,24)/t17-/m1/s1. The molecule has 6 nitrogen and oxygen atoms in total. The van der Waals surface area contributed by atoms with Crippen LogP contribution in [0.15, 0.2) is 48.5 Å². The van der Waals surface area contributed by atoms with E-state index in [2.05, 4.69) is 5.32 Å². The molecule has 0 spiro atoms. The summed E-state index contributed by atoms with van der Waals surface area (Å²) in [6.07, 6.45) is 0.368. The average Bonchev–Trinajstić information content (AvgIpc) is 2.91. The van der Waals surface area contributed by atoms with Crippen LogP contribution in [0.5, 0.6) is 5.75 Å². The van der Waals surface area contributed by atoms with E-state index in [1.165, 1.54) is 7.11 Å². The number of amides is 3. The van der Waals surface area contributed by atoms with Crippen LogP contribution in [0.25, 0.3) is 0 Å². The Morgan fingerprint density at radius 1 is 1.00 bits per heavy atom. The fourth-order valence-corrected chi connectivity index (χ4v) is 3.23. The summed E-state index contributed by atoms with van der Waals surface area (Å²) in [5.74, 6) is -0.658. The van der Waals surface area contributed by atoms with Gasteiger partial charge in [0.1, 0.15) is 11.8 Å². The molecule has 0 aromatic heterocycles. The van der Waals surface area contributed by atoms with Crippen LogP contribution in [0, 0.1) is 5.92 Å². The molecule has 1 heterocycles. The van der Waals surface area contributed by atoms with Crippen molar-refractivity contribution >= 4 is 23.4 Å². The van der Waals surface area contributed by atoms with Crippen molar-refractivity contribution in [3.8, 4) is 5.75 Å². The van der Waals surface area contributed by atoms with Gasteiger partial charge in [-0.2, -0.15) is 0 Å². The number of fused-ring (bicyclic) bond motifs is 1. The topological polar surface area (TPSA) is 75.7 Å². The minimum absolute atomic E-state index is 0.114. The Morgan fingerprint density at radius 3 is 2.11 bits per heavy atom. The summed E-state index contributed by atoms with van der Waals surface area (Å²) >= 11 is 0. The number of carbonyl (C=O) groups excluding carboxylic acids is 3. The predicted octanol–water partition coefficient (Wildman–Crippen LogP) is 3.34. The van der Waals surface area contributed by atoms with Crippen LogP contribution in [-0.4, -0.2) is 35.8 Å². The molecule has 0 saturated carbocycles. The highest BCUT2D eigenvalue weighted by atomic mass is 16.5. The van der Waals surface area contributed by atoms with Crippen molar-refractivity contribution in [2.45, 2.75) is 26.3 Å². The number of nitrogens with zero attached hydrogens (tertiary/aromatic N) is 1. The van der Waals surface area contributed by atoms with Crippen molar-refractivity contribution in [1.29, 1.82) is 0 Å². The van der Waals surface area contributed by atoms with Gasteiger partial charge in [-0.15, -0.1) is 0 Å². The first-order valence-corrected chi connectivity index (χ1v) is 8.84. The number of methoxy groups -OCH3 is 1. The molecule has 0 unspecified atom stereocenters. The molecule has 140 valence electrons. The largest absolute Gasteiger partial charge is 0.495 e. The van der Waals surface area contributed by atoms with Gasteiger partial charge in [-0.05, 0) is 36.6 Å². The van der Waals surface area contributed by atoms with Crippen molar-refractivity contribution in [2.24, 2.45) is 5.92 Å². The maximum atomic E-state index is 13.0. The summed E-state index contributed by atoms with van der Waals surface area (Å²) in [4.78, 5) is 39.7. The van der Waals surface area contributed by atoms with Gasteiger partial charge >= 0.3 is 0 Å². The van der Waals surface area contributed by atoms with Gasteiger partial charge in [0.2, 0.25) is 5.91 Å². The molecule has 27 heavy (non-hydrogen) atoms. The number of para-hydroxylation sites is 2. The summed E-state index contributed by atoms with van der Waals surface area (Å²) in [6, 6.07) is 12.8. The highest BCUT2D eigenvalue weighted by molar-refractivity contribution is 6.23. The number of hydrogen-bond acceptors (Lipinski definition) is 4. The zero-order chi connectivity index (χ0) is 19.6. The van der Waals surface area contributed by atoms with E-state index in [1.807, 2.05) is 13.8 Å². The summed E-state index contributed by atoms with van der Waals surface area (Å²) in [5.41, 5.74) is 1.16. The quantitative estimate of drug-likeness (QED) is 0.796. The molecule has 1 aliphatic heterocycles. The molecule has 1 N–H and O–H groups in total. The number of nitrogens with one attached hydrogen (secondary N) is 1. The Bertz CT molecular complexity index is 856. The molecule has 1 aliphatic rings. The van der Waals surface area contributed by atoms with Crippen LogP contribution < -0.4 is 10.1 Å². The van der Waals surface area contributed by atoms with Crippen LogP contribution in [0.1, 0.15) is 41.0 Å². The number of imide groups is 1. The highest BCUT2D eigenvalue weighted by Gasteiger charge is 2.42. The second-order valence-corrected chi connectivity index (χ2v) is 6.86. The van der Waals surface area contributed by atoms with E-state index in [0.29, 0.717) is 29.0 Å². The number of ether oxygens (including phenoxy) is 1. The molecule has 3 rings (SSSR count). The lowest BCUT2D eigenvalue weighted by Gasteiger charge is -2.27. The summed E-state index contributed by atoms with van der Waals surface area (Å²) in [5, 5.41) is 2.80. The minimum Gasteiger partial charge on any atom is -0.495 e. The molecule has 0 bridgehead atoms. The number of hydrogen-bond donors (Lipinski definition) is 1. The van der Waals surface area contributed by atoms with Crippen LogP contribution >= 0.6 is 0 Å². The second kappa shape index (κ2) is 7.61. The van der Waals surface area contributed by atoms with Crippen LogP contribution in [0.2, 0.25) is 0 Å². The number of carbonyl (C=O) groups is 3. The van der Waals surface area contributed by atoms with E-state index < -0.39 is 23.8 Å². The van der Waals surface area contributed by atoms with Crippen molar-refractivity contribution < 1.29 is 19.1 Å². The third-order valence-electron chi connectivity index (χ3n) is 4.50. The van der Waals surface area contributed by atoms with E-state index in [1.54, 1.807) is 48.5 Å². The van der Waals surface area contributed by atoms with E-state index in [0.717, 1.165) is 4.90 Å². The lowest BCUT2D eigenvalue weighted by molar-refractivity contribution is -0.120. The SMILES string of the molecule is COc1ccccc1NC(=O)[C@@H](CC(C)C)N1C(=O)c2ccccc2C1=O. The van der Waals surface area contributed by atoms with E-state index in [9.17, 15) is 14.4 Å². The minimum atomic E-state index is -0.901. The molecular formula is C21H22N2O4. The van der Waals surface area contributed by atoms with Gasteiger partial charge in [0.25, 0.3) is 11.8 Å². The second-order valence-electron chi connectivity index (χ2n) is 6.86. The Balaban J connectivity index is 1.92. The Morgan fingerprint density at radius 2 is 1.56 bits per heavy atom. The van der Waals surface area contributed by atoms with Crippen molar-refractivity contribution in [1.82, 2.24) is 4.90 Å². The van der Waals surface area contributed by atoms with E-state index in [-0.39, 0.29) is 5.92 Å². The summed E-state index contributed by atoms with van der Waals surface area (Å²) in [7, 11) is 1.51. The molecule has 0 aliphatic carbocycles. The molecule has 0 fully saturated rings. The zero-order valence-electron chi connectivity index (χ0n) is 15.6. The predicted molar refractivity (Wildman–Crippen MR) is 102 cm³/mol. The first-order chi connectivity index (χ1) is 12.9. The molecule has 0 saturated heterocycles. The van der Waals surface area contributed by atoms with Gasteiger partial charge in [-0.25, -0.2) is 0 Å². The molecule has 0 radical (unpaired) electrons. The summed E-state index contributed by atoms with van der Waals surface area (Å²) < 4.78 is 5.26.